The number of hydrogen-bond acceptors (Lipinski definition) is 2. The van der Waals surface area contributed by atoms with Crippen LogP contribution in [0.5, 0.6) is 0 Å². The lowest BCUT2D eigenvalue weighted by molar-refractivity contribution is -0.137. The predicted octanol–water partition coefficient (Wildman–Crippen LogP) is 5.48. The number of rotatable bonds is 6. The van der Waals surface area contributed by atoms with E-state index in [1.807, 2.05) is 13.8 Å². The molecule has 0 aliphatic heterocycles. The standard InChI is InChI=1S/C22H22F3N3O/c1-3-16(4-2)27-21(29)20-13-26-14-28(20)17-9-7-8-15(12-17)18-10-5-6-11-19(18)22(23,24)25/h5-14,16H,3-4H2,1-2H3,(H,27,29). The number of amides is 1. The molecule has 0 aliphatic rings. The van der Waals surface area contributed by atoms with Crippen molar-refractivity contribution in [2.24, 2.45) is 0 Å². The highest BCUT2D eigenvalue weighted by atomic mass is 19.4. The van der Waals surface area contributed by atoms with Gasteiger partial charge in [-0.15, -0.1) is 0 Å². The molecule has 3 aromatic rings. The largest absolute Gasteiger partial charge is 0.417 e. The number of hydrogen-bond donors (Lipinski definition) is 1. The fourth-order valence-corrected chi connectivity index (χ4v) is 3.23. The smallest absolute Gasteiger partial charge is 0.348 e. The maximum Gasteiger partial charge on any atom is 0.417 e. The van der Waals surface area contributed by atoms with Crippen LogP contribution in [-0.4, -0.2) is 21.5 Å². The van der Waals surface area contributed by atoms with Crippen molar-refractivity contribution in [3.05, 3.63) is 72.3 Å². The van der Waals surface area contributed by atoms with Crippen molar-refractivity contribution in [3.8, 4) is 16.8 Å². The molecule has 1 amide bonds. The fourth-order valence-electron chi connectivity index (χ4n) is 3.23. The molecule has 1 heterocycles. The van der Waals surface area contributed by atoms with Crippen LogP contribution in [0.15, 0.2) is 61.1 Å². The summed E-state index contributed by atoms with van der Waals surface area (Å²) in [6, 6.07) is 12.1. The third kappa shape index (κ3) is 4.50. The van der Waals surface area contributed by atoms with E-state index in [9.17, 15) is 18.0 Å². The molecule has 0 spiro atoms. The Labute approximate surface area is 167 Å². The summed E-state index contributed by atoms with van der Waals surface area (Å²) in [5, 5.41) is 2.96. The van der Waals surface area contributed by atoms with Crippen LogP contribution in [0.25, 0.3) is 16.8 Å². The first kappa shape index (κ1) is 20.6. The molecule has 3 rings (SSSR count). The molecule has 29 heavy (non-hydrogen) atoms. The highest BCUT2D eigenvalue weighted by Gasteiger charge is 2.33. The fraction of sp³-hybridized carbons (Fsp3) is 0.273. The lowest BCUT2D eigenvalue weighted by Crippen LogP contribution is -2.34. The van der Waals surface area contributed by atoms with E-state index in [0.29, 0.717) is 16.9 Å². The van der Waals surface area contributed by atoms with Gasteiger partial charge in [-0.2, -0.15) is 13.2 Å². The maximum absolute atomic E-state index is 13.4. The van der Waals surface area contributed by atoms with Gasteiger partial charge < -0.3 is 5.32 Å². The second-order valence-corrected chi connectivity index (χ2v) is 6.73. The first-order valence-electron chi connectivity index (χ1n) is 9.45. The maximum atomic E-state index is 13.4. The monoisotopic (exact) mass is 401 g/mol. The molecule has 7 heteroatoms. The molecular weight excluding hydrogens is 379 g/mol. The van der Waals surface area contributed by atoms with Crippen LogP contribution in [0.4, 0.5) is 13.2 Å². The summed E-state index contributed by atoms with van der Waals surface area (Å²) in [5.41, 5.74) is 0.694. The minimum absolute atomic E-state index is 0.0517. The number of carbonyl (C=O) groups is 1. The Bertz CT molecular complexity index is 991. The molecule has 0 saturated carbocycles. The minimum Gasteiger partial charge on any atom is -0.348 e. The van der Waals surface area contributed by atoms with Crippen molar-refractivity contribution in [2.75, 3.05) is 0 Å². The molecule has 0 fully saturated rings. The molecule has 4 nitrogen and oxygen atoms in total. The molecule has 0 atom stereocenters. The molecule has 1 aromatic heterocycles. The molecule has 152 valence electrons. The van der Waals surface area contributed by atoms with E-state index in [1.165, 1.54) is 24.7 Å². The summed E-state index contributed by atoms with van der Waals surface area (Å²) in [6.45, 7) is 3.99. The highest BCUT2D eigenvalue weighted by Crippen LogP contribution is 2.37. The Kier molecular flexibility index (Phi) is 6.06. The molecular formula is C22H22F3N3O. The topological polar surface area (TPSA) is 46.9 Å². The van der Waals surface area contributed by atoms with Crippen LogP contribution < -0.4 is 5.32 Å². The highest BCUT2D eigenvalue weighted by molar-refractivity contribution is 5.93. The lowest BCUT2D eigenvalue weighted by Gasteiger charge is -2.16. The van der Waals surface area contributed by atoms with Crippen molar-refractivity contribution in [2.45, 2.75) is 38.9 Å². The Morgan fingerprint density at radius 3 is 2.52 bits per heavy atom. The summed E-state index contributed by atoms with van der Waals surface area (Å²) in [7, 11) is 0. The number of halogens is 3. The van der Waals surface area contributed by atoms with Gasteiger partial charge in [-0.1, -0.05) is 44.2 Å². The zero-order valence-electron chi connectivity index (χ0n) is 16.2. The van der Waals surface area contributed by atoms with Gasteiger partial charge in [0.15, 0.2) is 0 Å². The average Bonchev–Trinajstić information content (AvgIpc) is 3.21. The van der Waals surface area contributed by atoms with E-state index in [-0.39, 0.29) is 17.5 Å². The van der Waals surface area contributed by atoms with Crippen molar-refractivity contribution >= 4 is 5.91 Å². The van der Waals surface area contributed by atoms with Crippen LogP contribution >= 0.6 is 0 Å². The number of nitrogens with zero attached hydrogens (tertiary/aromatic N) is 2. The zero-order valence-corrected chi connectivity index (χ0v) is 16.2. The molecule has 0 saturated heterocycles. The van der Waals surface area contributed by atoms with E-state index in [1.54, 1.807) is 34.9 Å². The van der Waals surface area contributed by atoms with E-state index >= 15 is 0 Å². The summed E-state index contributed by atoms with van der Waals surface area (Å²) >= 11 is 0. The first-order valence-corrected chi connectivity index (χ1v) is 9.45. The van der Waals surface area contributed by atoms with E-state index in [0.717, 1.165) is 18.9 Å². The summed E-state index contributed by atoms with van der Waals surface area (Å²) in [5.74, 6) is -0.266. The molecule has 1 N–H and O–H groups in total. The Morgan fingerprint density at radius 2 is 1.83 bits per heavy atom. The number of alkyl halides is 3. The van der Waals surface area contributed by atoms with Crippen molar-refractivity contribution in [3.63, 3.8) is 0 Å². The SMILES string of the molecule is CCC(CC)NC(=O)c1cncn1-c1cccc(-c2ccccc2C(F)(F)F)c1. The quantitative estimate of drug-likeness (QED) is 0.595. The molecule has 2 aromatic carbocycles. The summed E-state index contributed by atoms with van der Waals surface area (Å²) in [6.07, 6.45) is 0.0901. The normalized spacial score (nSPS) is 11.7. The van der Waals surface area contributed by atoms with Gasteiger partial charge in [0.05, 0.1) is 18.1 Å². The second-order valence-electron chi connectivity index (χ2n) is 6.73. The van der Waals surface area contributed by atoms with E-state index in [4.69, 9.17) is 0 Å². The van der Waals surface area contributed by atoms with Gasteiger partial charge in [0.2, 0.25) is 0 Å². The van der Waals surface area contributed by atoms with Crippen LogP contribution in [0.3, 0.4) is 0 Å². The van der Waals surface area contributed by atoms with Crippen LogP contribution in [0.2, 0.25) is 0 Å². The van der Waals surface area contributed by atoms with Crippen LogP contribution in [0.1, 0.15) is 42.7 Å². The van der Waals surface area contributed by atoms with Gasteiger partial charge in [-0.3, -0.25) is 9.36 Å². The van der Waals surface area contributed by atoms with Gasteiger partial charge in [0.1, 0.15) is 5.69 Å². The number of aromatic nitrogens is 2. The van der Waals surface area contributed by atoms with Crippen molar-refractivity contribution < 1.29 is 18.0 Å². The first-order chi connectivity index (χ1) is 13.8. The van der Waals surface area contributed by atoms with E-state index < -0.39 is 11.7 Å². The van der Waals surface area contributed by atoms with Crippen molar-refractivity contribution in [1.29, 1.82) is 0 Å². The van der Waals surface area contributed by atoms with Crippen LogP contribution in [0, 0.1) is 0 Å². The molecule has 0 bridgehead atoms. The van der Waals surface area contributed by atoms with Gasteiger partial charge in [0, 0.05) is 11.7 Å². The zero-order chi connectivity index (χ0) is 21.0. The van der Waals surface area contributed by atoms with Crippen molar-refractivity contribution in [1.82, 2.24) is 14.9 Å². The van der Waals surface area contributed by atoms with Crippen LogP contribution in [-0.2, 0) is 6.18 Å². The van der Waals surface area contributed by atoms with Gasteiger partial charge in [0.25, 0.3) is 5.91 Å². The Morgan fingerprint density at radius 1 is 1.10 bits per heavy atom. The van der Waals surface area contributed by atoms with Gasteiger partial charge >= 0.3 is 6.18 Å². The predicted molar refractivity (Wildman–Crippen MR) is 106 cm³/mol. The summed E-state index contributed by atoms with van der Waals surface area (Å²) < 4.78 is 41.8. The minimum atomic E-state index is -4.46. The molecule has 0 radical (unpaired) electrons. The van der Waals surface area contributed by atoms with Gasteiger partial charge in [-0.25, -0.2) is 4.98 Å². The Hall–Kier alpha value is -3.09. The second kappa shape index (κ2) is 8.51. The number of nitrogens with one attached hydrogen (secondary N) is 1. The number of benzene rings is 2. The number of imidazole rings is 1. The lowest BCUT2D eigenvalue weighted by atomic mass is 9.99. The van der Waals surface area contributed by atoms with Gasteiger partial charge in [-0.05, 0) is 42.2 Å². The third-order valence-electron chi connectivity index (χ3n) is 4.86. The molecule has 0 unspecified atom stereocenters. The summed E-state index contributed by atoms with van der Waals surface area (Å²) in [4.78, 5) is 16.7. The van der Waals surface area contributed by atoms with E-state index in [2.05, 4.69) is 10.3 Å². The third-order valence-corrected chi connectivity index (χ3v) is 4.86. The molecule has 0 aliphatic carbocycles. The Balaban J connectivity index is 1.99. The number of carbonyl (C=O) groups excluding carboxylic acids is 1. The average molecular weight is 401 g/mol.